The van der Waals surface area contributed by atoms with E-state index < -0.39 is 0 Å². The van der Waals surface area contributed by atoms with Gasteiger partial charge in [0.05, 0.1) is 6.33 Å². The first kappa shape index (κ1) is 15.4. The summed E-state index contributed by atoms with van der Waals surface area (Å²) < 4.78 is 2.12. The molecule has 1 saturated heterocycles. The van der Waals surface area contributed by atoms with E-state index in [9.17, 15) is 0 Å². The lowest BCUT2D eigenvalue weighted by molar-refractivity contribution is 0.309. The summed E-state index contributed by atoms with van der Waals surface area (Å²) in [4.78, 5) is 11.4. The van der Waals surface area contributed by atoms with Gasteiger partial charge in [0.1, 0.15) is 0 Å². The molecule has 2 aliphatic rings. The van der Waals surface area contributed by atoms with Crippen molar-refractivity contribution in [1.82, 2.24) is 19.8 Å². The number of nitrogens with one attached hydrogen (secondary N) is 1. The van der Waals surface area contributed by atoms with Crippen molar-refractivity contribution >= 4 is 5.96 Å². The van der Waals surface area contributed by atoms with Crippen LogP contribution in [-0.4, -0.2) is 46.6 Å². The largest absolute Gasteiger partial charge is 0.357 e. The Morgan fingerprint density at radius 3 is 2.91 bits per heavy atom. The molecule has 5 nitrogen and oxygen atoms in total. The first-order valence-corrected chi connectivity index (χ1v) is 8.80. The SMILES string of the molecule is CCNC(=NCCCn1ccnc1)N1CCC2(CCCC2)C1. The monoisotopic (exact) mass is 303 g/mol. The molecule has 2 heterocycles. The fourth-order valence-electron chi connectivity index (χ4n) is 3.93. The second-order valence-electron chi connectivity index (χ2n) is 6.77. The second-order valence-corrected chi connectivity index (χ2v) is 6.77. The number of guanidine groups is 1. The zero-order valence-electron chi connectivity index (χ0n) is 13.8. The Balaban J connectivity index is 1.52. The smallest absolute Gasteiger partial charge is 0.193 e. The molecule has 1 saturated carbocycles. The van der Waals surface area contributed by atoms with E-state index in [-0.39, 0.29) is 0 Å². The minimum atomic E-state index is 0.604. The van der Waals surface area contributed by atoms with E-state index in [1.165, 1.54) is 45.2 Å². The molecule has 0 atom stereocenters. The van der Waals surface area contributed by atoms with E-state index in [0.29, 0.717) is 5.41 Å². The average Bonchev–Trinajstić information content (AvgIpc) is 3.26. The lowest BCUT2D eigenvalue weighted by Crippen LogP contribution is -2.41. The number of hydrogen-bond acceptors (Lipinski definition) is 2. The van der Waals surface area contributed by atoms with Crippen molar-refractivity contribution in [1.29, 1.82) is 0 Å². The molecular formula is C17H29N5. The maximum Gasteiger partial charge on any atom is 0.193 e. The van der Waals surface area contributed by atoms with Crippen LogP contribution in [0.4, 0.5) is 0 Å². The number of hydrogen-bond donors (Lipinski definition) is 1. The molecule has 122 valence electrons. The topological polar surface area (TPSA) is 45.5 Å². The van der Waals surface area contributed by atoms with Crippen LogP contribution in [0, 0.1) is 5.41 Å². The van der Waals surface area contributed by atoms with E-state index in [4.69, 9.17) is 4.99 Å². The van der Waals surface area contributed by atoms with E-state index in [0.717, 1.165) is 32.0 Å². The molecule has 2 fully saturated rings. The number of imidazole rings is 1. The quantitative estimate of drug-likeness (QED) is 0.516. The maximum absolute atomic E-state index is 4.85. The summed E-state index contributed by atoms with van der Waals surface area (Å²) in [5, 5.41) is 3.48. The van der Waals surface area contributed by atoms with Crippen molar-refractivity contribution in [3.8, 4) is 0 Å². The maximum atomic E-state index is 4.85. The Hall–Kier alpha value is -1.52. The highest BCUT2D eigenvalue weighted by molar-refractivity contribution is 5.80. The fourth-order valence-corrected chi connectivity index (χ4v) is 3.93. The van der Waals surface area contributed by atoms with Crippen molar-refractivity contribution in [2.24, 2.45) is 10.4 Å². The molecule has 0 amide bonds. The zero-order chi connectivity index (χ0) is 15.3. The summed E-state index contributed by atoms with van der Waals surface area (Å²) in [6.45, 7) is 7.36. The van der Waals surface area contributed by atoms with Gasteiger partial charge in [-0.3, -0.25) is 4.99 Å². The van der Waals surface area contributed by atoms with E-state index >= 15 is 0 Å². The standard InChI is InChI=1S/C17H29N5/c1-2-19-16(20-9-5-11-21-13-10-18-15-21)22-12-8-17(14-22)6-3-4-7-17/h10,13,15H,2-9,11-12,14H2,1H3,(H,19,20). The predicted octanol–water partition coefficient (Wildman–Crippen LogP) is 2.50. The van der Waals surface area contributed by atoms with Gasteiger partial charge in [0.2, 0.25) is 0 Å². The summed E-state index contributed by atoms with van der Waals surface area (Å²) in [6.07, 6.45) is 13.8. The summed E-state index contributed by atoms with van der Waals surface area (Å²) >= 11 is 0. The van der Waals surface area contributed by atoms with Gasteiger partial charge in [-0.1, -0.05) is 12.8 Å². The van der Waals surface area contributed by atoms with Crippen LogP contribution in [0.2, 0.25) is 0 Å². The Bertz CT molecular complexity index is 473. The molecule has 0 unspecified atom stereocenters. The molecule has 1 spiro atoms. The van der Waals surface area contributed by atoms with Crippen molar-refractivity contribution in [3.05, 3.63) is 18.7 Å². The van der Waals surface area contributed by atoms with Gasteiger partial charge in [-0.2, -0.15) is 0 Å². The van der Waals surface area contributed by atoms with Crippen molar-refractivity contribution in [2.45, 2.75) is 52.0 Å². The Morgan fingerprint density at radius 2 is 2.18 bits per heavy atom. The van der Waals surface area contributed by atoms with Crippen LogP contribution in [0.25, 0.3) is 0 Å². The van der Waals surface area contributed by atoms with Crippen LogP contribution < -0.4 is 5.32 Å². The Kier molecular flexibility index (Phi) is 5.01. The minimum Gasteiger partial charge on any atom is -0.357 e. The molecular weight excluding hydrogens is 274 g/mol. The van der Waals surface area contributed by atoms with Gasteiger partial charge < -0.3 is 14.8 Å². The molecule has 1 aliphatic carbocycles. The third kappa shape index (κ3) is 3.62. The van der Waals surface area contributed by atoms with Gasteiger partial charge in [0.25, 0.3) is 0 Å². The summed E-state index contributed by atoms with van der Waals surface area (Å²) in [5.74, 6) is 1.12. The highest BCUT2D eigenvalue weighted by Crippen LogP contribution is 2.45. The molecule has 1 aromatic rings. The molecule has 3 rings (SSSR count). The number of nitrogens with zero attached hydrogens (tertiary/aromatic N) is 4. The molecule has 1 N–H and O–H groups in total. The minimum absolute atomic E-state index is 0.604. The molecule has 0 radical (unpaired) electrons. The lowest BCUT2D eigenvalue weighted by Gasteiger charge is -2.26. The molecule has 0 bridgehead atoms. The number of aliphatic imine (C=N–C) groups is 1. The number of likely N-dealkylation sites (tertiary alicyclic amines) is 1. The molecule has 1 aliphatic heterocycles. The summed E-state index contributed by atoms with van der Waals surface area (Å²) in [6, 6.07) is 0. The second kappa shape index (κ2) is 7.16. The van der Waals surface area contributed by atoms with E-state index in [1.807, 2.05) is 18.7 Å². The predicted molar refractivity (Wildman–Crippen MR) is 89.9 cm³/mol. The van der Waals surface area contributed by atoms with Gasteiger partial charge in [-0.05, 0) is 38.0 Å². The lowest BCUT2D eigenvalue weighted by atomic mass is 9.86. The fraction of sp³-hybridized carbons (Fsp3) is 0.765. The van der Waals surface area contributed by atoms with Gasteiger partial charge in [0, 0.05) is 45.1 Å². The van der Waals surface area contributed by atoms with Gasteiger partial charge in [-0.15, -0.1) is 0 Å². The van der Waals surface area contributed by atoms with Crippen LogP contribution in [0.3, 0.4) is 0 Å². The van der Waals surface area contributed by atoms with Crippen LogP contribution in [0.5, 0.6) is 0 Å². The van der Waals surface area contributed by atoms with Crippen LogP contribution in [-0.2, 0) is 6.54 Å². The Morgan fingerprint density at radius 1 is 1.32 bits per heavy atom. The van der Waals surface area contributed by atoms with Crippen molar-refractivity contribution in [2.75, 3.05) is 26.2 Å². The summed E-state index contributed by atoms with van der Waals surface area (Å²) in [5.41, 5.74) is 0.604. The van der Waals surface area contributed by atoms with Crippen molar-refractivity contribution < 1.29 is 0 Å². The summed E-state index contributed by atoms with van der Waals surface area (Å²) in [7, 11) is 0. The van der Waals surface area contributed by atoms with E-state index in [1.54, 1.807) is 0 Å². The zero-order valence-corrected chi connectivity index (χ0v) is 13.8. The first-order chi connectivity index (χ1) is 10.8. The molecule has 0 aromatic carbocycles. The van der Waals surface area contributed by atoms with Gasteiger partial charge >= 0.3 is 0 Å². The first-order valence-electron chi connectivity index (χ1n) is 8.80. The van der Waals surface area contributed by atoms with Crippen LogP contribution >= 0.6 is 0 Å². The molecule has 1 aromatic heterocycles. The highest BCUT2D eigenvalue weighted by Gasteiger charge is 2.40. The highest BCUT2D eigenvalue weighted by atomic mass is 15.3. The molecule has 5 heteroatoms. The van der Waals surface area contributed by atoms with Gasteiger partial charge in [0.15, 0.2) is 5.96 Å². The van der Waals surface area contributed by atoms with Crippen molar-refractivity contribution in [3.63, 3.8) is 0 Å². The average molecular weight is 303 g/mol. The van der Waals surface area contributed by atoms with Gasteiger partial charge in [-0.25, -0.2) is 4.98 Å². The number of aryl methyl sites for hydroxylation is 1. The van der Waals surface area contributed by atoms with Crippen LogP contribution in [0.1, 0.15) is 45.4 Å². The number of rotatable bonds is 5. The number of aromatic nitrogens is 2. The third-order valence-corrected chi connectivity index (χ3v) is 5.13. The third-order valence-electron chi connectivity index (χ3n) is 5.13. The normalized spacial score (nSPS) is 21.0. The molecule has 22 heavy (non-hydrogen) atoms. The van der Waals surface area contributed by atoms with Crippen LogP contribution in [0.15, 0.2) is 23.7 Å². The Labute approximate surface area is 133 Å². The van der Waals surface area contributed by atoms with E-state index in [2.05, 4.69) is 26.7 Å².